The first kappa shape index (κ1) is 91.1. The van der Waals surface area contributed by atoms with Gasteiger partial charge in [-0.15, -0.1) is 0 Å². The summed E-state index contributed by atoms with van der Waals surface area (Å²) in [5.41, 5.74) is 0. The van der Waals surface area contributed by atoms with Crippen LogP contribution in [0.2, 0.25) is 0 Å². The van der Waals surface area contributed by atoms with Gasteiger partial charge in [0.15, 0.2) is 12.2 Å². The number of ether oxygens (including phenoxy) is 4. The second kappa shape index (κ2) is 66.0. The van der Waals surface area contributed by atoms with E-state index < -0.39 is 97.5 Å². The van der Waals surface area contributed by atoms with Gasteiger partial charge in [0, 0.05) is 25.7 Å². The molecule has 0 saturated heterocycles. The summed E-state index contributed by atoms with van der Waals surface area (Å²) in [6.07, 6.45) is 52.8. The third-order valence-electron chi connectivity index (χ3n) is 17.2. The maximum absolute atomic E-state index is 13.1. The normalized spacial score (nSPS) is 14.1. The molecule has 0 aromatic rings. The molecule has 19 heteroatoms. The molecule has 17 nitrogen and oxygen atoms in total. The fourth-order valence-corrected chi connectivity index (χ4v) is 12.9. The number of carbonyl (C=O) groups is 4. The molecule has 0 spiro atoms. The second-order valence-corrected chi connectivity index (χ2v) is 30.5. The molecule has 3 N–H and O–H groups in total. The highest BCUT2D eigenvalue weighted by Gasteiger charge is 2.30. The lowest BCUT2D eigenvalue weighted by molar-refractivity contribution is -0.161. The van der Waals surface area contributed by atoms with E-state index in [0.29, 0.717) is 31.6 Å². The Kier molecular flexibility index (Phi) is 64.6. The van der Waals surface area contributed by atoms with Gasteiger partial charge in [0.05, 0.1) is 26.4 Å². The molecule has 0 rings (SSSR count). The molecule has 5 atom stereocenters. The highest BCUT2D eigenvalue weighted by molar-refractivity contribution is 7.47. The number of hydrogen-bond donors (Lipinski definition) is 3. The zero-order chi connectivity index (χ0) is 68.6. The first-order valence-electron chi connectivity index (χ1n) is 38.5. The summed E-state index contributed by atoms with van der Waals surface area (Å²) < 4.78 is 68.4. The van der Waals surface area contributed by atoms with Crippen LogP contribution in [0.4, 0.5) is 0 Å². The Morgan fingerprint density at radius 2 is 0.495 bits per heavy atom. The lowest BCUT2D eigenvalue weighted by Crippen LogP contribution is -2.30. The van der Waals surface area contributed by atoms with E-state index in [2.05, 4.69) is 41.5 Å². The third kappa shape index (κ3) is 68.4. The minimum atomic E-state index is -4.96. The average Bonchev–Trinajstić information content (AvgIpc) is 3.63. The summed E-state index contributed by atoms with van der Waals surface area (Å²) in [6.45, 7) is 9.52. The molecule has 552 valence electrons. The molecule has 0 heterocycles. The molecule has 0 aliphatic carbocycles. The van der Waals surface area contributed by atoms with Gasteiger partial charge in [-0.3, -0.25) is 37.3 Å². The quantitative estimate of drug-likeness (QED) is 0.0222. The molecule has 0 amide bonds. The molecule has 2 unspecified atom stereocenters. The van der Waals surface area contributed by atoms with E-state index >= 15 is 0 Å². The second-order valence-electron chi connectivity index (χ2n) is 27.6. The lowest BCUT2D eigenvalue weighted by Gasteiger charge is -2.21. The average molecular weight is 1370 g/mol. The molecule has 0 radical (unpaired) electrons. The fraction of sp³-hybridized carbons (Fsp3) is 0.946. The van der Waals surface area contributed by atoms with Crippen LogP contribution in [0.25, 0.3) is 0 Å². The number of aliphatic hydroxyl groups excluding tert-OH is 1. The Balaban J connectivity index is 5.24. The molecule has 0 aromatic carbocycles. The molecular formula is C74H144O17P2. The van der Waals surface area contributed by atoms with E-state index in [0.717, 1.165) is 102 Å². The van der Waals surface area contributed by atoms with Crippen LogP contribution in [0.15, 0.2) is 0 Å². The molecular weight excluding hydrogens is 1220 g/mol. The Bertz CT molecular complexity index is 1800. The van der Waals surface area contributed by atoms with Crippen molar-refractivity contribution in [1.82, 2.24) is 0 Å². The van der Waals surface area contributed by atoms with Crippen molar-refractivity contribution in [3.63, 3.8) is 0 Å². The summed E-state index contributed by atoms with van der Waals surface area (Å²) in [5.74, 6) is -0.657. The monoisotopic (exact) mass is 1370 g/mol. The predicted molar refractivity (Wildman–Crippen MR) is 377 cm³/mol. The van der Waals surface area contributed by atoms with Gasteiger partial charge < -0.3 is 33.8 Å². The van der Waals surface area contributed by atoms with Gasteiger partial charge in [0.2, 0.25) is 0 Å². The van der Waals surface area contributed by atoms with Crippen molar-refractivity contribution in [3.05, 3.63) is 0 Å². The van der Waals surface area contributed by atoms with E-state index in [1.54, 1.807) is 0 Å². The Labute approximate surface area is 568 Å². The van der Waals surface area contributed by atoms with Crippen LogP contribution in [0.5, 0.6) is 0 Å². The number of aliphatic hydroxyl groups is 1. The summed E-state index contributed by atoms with van der Waals surface area (Å²) in [7, 11) is -9.91. The number of phosphoric acid groups is 2. The standard InChI is InChI=1S/C74H144O17P2/c1-7-9-11-13-15-17-19-21-22-23-25-31-35-39-47-53-59-73(78)90-69(62-84-71(76)56-50-44-37-33-29-27-26-28-32-36-42-48-54-66(3)4)64-88-92(80,81)86-60-68(75)61-87-93(82,83)89-65-70(63-85-72(77)57-51-45-41-40-43-49-55-67(5)6)91-74(79)58-52-46-38-34-30-24-20-18-16-14-12-10-8-2/h66-70,75H,7-65H2,1-6H3,(H,80,81)(H,82,83)/t68-,69-,70-/m1/s1. The lowest BCUT2D eigenvalue weighted by atomic mass is 10.0. The van der Waals surface area contributed by atoms with Crippen molar-refractivity contribution < 1.29 is 80.2 Å². The van der Waals surface area contributed by atoms with Crippen LogP contribution < -0.4 is 0 Å². The Morgan fingerprint density at radius 3 is 0.731 bits per heavy atom. The van der Waals surface area contributed by atoms with Gasteiger partial charge >= 0.3 is 39.5 Å². The maximum Gasteiger partial charge on any atom is 0.472 e. The van der Waals surface area contributed by atoms with Gasteiger partial charge in [-0.25, -0.2) is 9.13 Å². The zero-order valence-electron chi connectivity index (χ0n) is 60.6. The van der Waals surface area contributed by atoms with Gasteiger partial charge in [-0.2, -0.15) is 0 Å². The zero-order valence-corrected chi connectivity index (χ0v) is 62.3. The van der Waals surface area contributed by atoms with Crippen LogP contribution in [0.1, 0.15) is 382 Å². The molecule has 0 fully saturated rings. The van der Waals surface area contributed by atoms with Crippen molar-refractivity contribution in [3.8, 4) is 0 Å². The molecule has 0 bridgehead atoms. The van der Waals surface area contributed by atoms with Crippen molar-refractivity contribution in [1.29, 1.82) is 0 Å². The highest BCUT2D eigenvalue weighted by atomic mass is 31.2. The molecule has 0 aromatic heterocycles. The van der Waals surface area contributed by atoms with Crippen LogP contribution in [0, 0.1) is 11.8 Å². The summed E-state index contributed by atoms with van der Waals surface area (Å²) >= 11 is 0. The van der Waals surface area contributed by atoms with E-state index in [4.69, 9.17) is 37.0 Å². The van der Waals surface area contributed by atoms with Crippen molar-refractivity contribution in [2.45, 2.75) is 400 Å². The van der Waals surface area contributed by atoms with Gasteiger partial charge in [-0.05, 0) is 37.5 Å². The van der Waals surface area contributed by atoms with E-state index in [9.17, 15) is 43.2 Å². The molecule has 93 heavy (non-hydrogen) atoms. The van der Waals surface area contributed by atoms with E-state index in [1.165, 1.54) is 193 Å². The number of carbonyl (C=O) groups excluding carboxylic acids is 4. The topological polar surface area (TPSA) is 237 Å². The van der Waals surface area contributed by atoms with Crippen LogP contribution in [-0.2, 0) is 65.4 Å². The van der Waals surface area contributed by atoms with Crippen molar-refractivity contribution in [2.75, 3.05) is 39.6 Å². The van der Waals surface area contributed by atoms with Crippen molar-refractivity contribution >= 4 is 39.5 Å². The number of phosphoric ester groups is 2. The number of rotatable bonds is 73. The van der Waals surface area contributed by atoms with Crippen LogP contribution >= 0.6 is 15.6 Å². The summed E-state index contributed by atoms with van der Waals surface area (Å²) in [5, 5.41) is 10.6. The molecule has 0 aliphatic heterocycles. The number of unbranched alkanes of at least 4 members (excludes halogenated alkanes) is 43. The SMILES string of the molecule is CCCCCCCCCCCCCCCCCCC(=O)O[C@H](COC(=O)CCCCCCCCCCCCCCC(C)C)COP(=O)(O)OC[C@@H](O)COP(=O)(O)OC[C@@H](COC(=O)CCCCCCCCC(C)C)OC(=O)CCCCCCCCCCCCCCC. The third-order valence-corrected chi connectivity index (χ3v) is 19.1. The number of esters is 4. The Morgan fingerprint density at radius 1 is 0.290 bits per heavy atom. The highest BCUT2D eigenvalue weighted by Crippen LogP contribution is 2.45. The minimum Gasteiger partial charge on any atom is -0.462 e. The van der Waals surface area contributed by atoms with Crippen LogP contribution in [0.3, 0.4) is 0 Å². The van der Waals surface area contributed by atoms with Gasteiger partial charge in [0.25, 0.3) is 0 Å². The largest absolute Gasteiger partial charge is 0.472 e. The smallest absolute Gasteiger partial charge is 0.462 e. The number of hydrogen-bond acceptors (Lipinski definition) is 15. The van der Waals surface area contributed by atoms with Crippen molar-refractivity contribution in [2.24, 2.45) is 11.8 Å². The van der Waals surface area contributed by atoms with Gasteiger partial charge in [-0.1, -0.05) is 330 Å². The fourth-order valence-electron chi connectivity index (χ4n) is 11.3. The first-order valence-corrected chi connectivity index (χ1v) is 41.5. The first-order chi connectivity index (χ1) is 44.9. The minimum absolute atomic E-state index is 0.107. The van der Waals surface area contributed by atoms with E-state index in [-0.39, 0.29) is 25.7 Å². The van der Waals surface area contributed by atoms with E-state index in [1.807, 2.05) is 0 Å². The maximum atomic E-state index is 13.1. The van der Waals surface area contributed by atoms with Crippen LogP contribution in [-0.4, -0.2) is 96.7 Å². The molecule has 0 aliphatic rings. The summed E-state index contributed by atoms with van der Waals surface area (Å²) in [4.78, 5) is 72.7. The van der Waals surface area contributed by atoms with Gasteiger partial charge in [0.1, 0.15) is 19.3 Å². The predicted octanol–water partition coefficient (Wildman–Crippen LogP) is 21.6. The Hall–Kier alpha value is -1.94. The summed E-state index contributed by atoms with van der Waals surface area (Å²) in [6, 6.07) is 0. The molecule has 0 saturated carbocycles.